The molecule has 0 atom stereocenters. The van der Waals surface area contributed by atoms with Crippen LogP contribution in [0.5, 0.6) is 0 Å². The van der Waals surface area contributed by atoms with Crippen molar-refractivity contribution in [1.29, 1.82) is 0 Å². The lowest BCUT2D eigenvalue weighted by molar-refractivity contribution is 0.109. The fourth-order valence-electron chi connectivity index (χ4n) is 5.17. The normalized spacial score (nSPS) is 24.8. The standard InChI is InChI=1S/C20H28N2O2/c23-19(24)22-15-20(17-9-5-6-10-18(17)22)11-13-21(14-12-20)16-7-3-1-2-4-8-16/h5-6,9-10,16H,1-4,7-8,11-15H2,(H,23,24). The minimum absolute atomic E-state index is 0.0379. The van der Waals surface area contributed by atoms with Gasteiger partial charge in [-0.3, -0.25) is 4.90 Å². The topological polar surface area (TPSA) is 43.8 Å². The molecule has 0 unspecified atom stereocenters. The van der Waals surface area contributed by atoms with Gasteiger partial charge in [0.1, 0.15) is 0 Å². The van der Waals surface area contributed by atoms with Crippen molar-refractivity contribution in [2.45, 2.75) is 62.8 Å². The van der Waals surface area contributed by atoms with Gasteiger partial charge in [0.2, 0.25) is 0 Å². The van der Waals surface area contributed by atoms with Crippen LogP contribution >= 0.6 is 0 Å². The SMILES string of the molecule is O=C(O)N1CC2(CCN(C3CCCCCC3)CC2)c2ccccc21. The molecule has 1 aromatic rings. The van der Waals surface area contributed by atoms with E-state index in [9.17, 15) is 9.90 Å². The smallest absolute Gasteiger partial charge is 0.411 e. The van der Waals surface area contributed by atoms with E-state index in [1.165, 1.54) is 44.1 Å². The van der Waals surface area contributed by atoms with Crippen molar-refractivity contribution in [3.05, 3.63) is 29.8 Å². The average molecular weight is 328 g/mol. The number of hydrogen-bond acceptors (Lipinski definition) is 2. The van der Waals surface area contributed by atoms with Crippen LogP contribution in [-0.2, 0) is 5.41 Å². The summed E-state index contributed by atoms with van der Waals surface area (Å²) in [7, 11) is 0. The molecular formula is C20H28N2O2. The number of carboxylic acid groups (broad SMARTS) is 1. The summed E-state index contributed by atoms with van der Waals surface area (Å²) in [5.74, 6) is 0. The zero-order chi connectivity index (χ0) is 16.6. The van der Waals surface area contributed by atoms with Crippen LogP contribution in [0.25, 0.3) is 0 Å². The number of fused-ring (bicyclic) bond motifs is 2. The Labute approximate surface area is 144 Å². The number of amides is 1. The Morgan fingerprint density at radius 2 is 1.71 bits per heavy atom. The largest absolute Gasteiger partial charge is 0.465 e. The molecule has 1 spiro atoms. The van der Waals surface area contributed by atoms with Gasteiger partial charge in [0.25, 0.3) is 0 Å². The van der Waals surface area contributed by atoms with Gasteiger partial charge < -0.3 is 10.0 Å². The van der Waals surface area contributed by atoms with Gasteiger partial charge in [-0.15, -0.1) is 0 Å². The predicted octanol–water partition coefficient (Wildman–Crippen LogP) is 4.24. The molecule has 2 heterocycles. The first kappa shape index (κ1) is 15.9. The quantitative estimate of drug-likeness (QED) is 0.784. The molecule has 1 aromatic carbocycles. The highest BCUT2D eigenvalue weighted by atomic mass is 16.4. The Kier molecular flexibility index (Phi) is 4.25. The van der Waals surface area contributed by atoms with Gasteiger partial charge in [-0.2, -0.15) is 0 Å². The summed E-state index contributed by atoms with van der Waals surface area (Å²) in [5, 5.41) is 9.58. The first-order valence-electron chi connectivity index (χ1n) is 9.54. The van der Waals surface area contributed by atoms with Crippen molar-refractivity contribution in [2.24, 2.45) is 0 Å². The third kappa shape index (κ3) is 2.71. The molecule has 130 valence electrons. The van der Waals surface area contributed by atoms with Gasteiger partial charge in [0.05, 0.1) is 5.69 Å². The predicted molar refractivity (Wildman–Crippen MR) is 95.8 cm³/mol. The first-order chi connectivity index (χ1) is 11.7. The summed E-state index contributed by atoms with van der Waals surface area (Å²) < 4.78 is 0. The van der Waals surface area contributed by atoms with Crippen LogP contribution in [0, 0.1) is 0 Å². The Morgan fingerprint density at radius 3 is 2.38 bits per heavy atom. The summed E-state index contributed by atoms with van der Waals surface area (Å²) in [6, 6.07) is 8.89. The van der Waals surface area contributed by atoms with Crippen LogP contribution in [0.1, 0.15) is 56.9 Å². The van der Waals surface area contributed by atoms with E-state index in [1.807, 2.05) is 12.1 Å². The Bertz CT molecular complexity index is 599. The van der Waals surface area contributed by atoms with Gasteiger partial charge in [-0.1, -0.05) is 43.9 Å². The lowest BCUT2D eigenvalue weighted by Gasteiger charge is -2.43. The maximum Gasteiger partial charge on any atom is 0.411 e. The van der Waals surface area contributed by atoms with Crippen molar-refractivity contribution in [1.82, 2.24) is 4.90 Å². The van der Waals surface area contributed by atoms with E-state index in [-0.39, 0.29) is 5.41 Å². The monoisotopic (exact) mass is 328 g/mol. The molecule has 1 N–H and O–H groups in total. The van der Waals surface area contributed by atoms with Crippen LogP contribution in [0.15, 0.2) is 24.3 Å². The molecule has 4 nitrogen and oxygen atoms in total. The molecule has 2 aliphatic heterocycles. The van der Waals surface area contributed by atoms with Gasteiger partial charge >= 0.3 is 6.09 Å². The second kappa shape index (κ2) is 6.40. The zero-order valence-electron chi connectivity index (χ0n) is 14.4. The summed E-state index contributed by atoms with van der Waals surface area (Å²) in [6.07, 6.45) is 9.61. The lowest BCUT2D eigenvalue weighted by Crippen LogP contribution is -2.49. The van der Waals surface area contributed by atoms with E-state index in [1.54, 1.807) is 4.90 Å². The molecule has 4 rings (SSSR count). The molecular weight excluding hydrogens is 300 g/mol. The Morgan fingerprint density at radius 1 is 1.04 bits per heavy atom. The van der Waals surface area contributed by atoms with Crippen molar-refractivity contribution in [2.75, 3.05) is 24.5 Å². The van der Waals surface area contributed by atoms with Crippen LogP contribution < -0.4 is 4.90 Å². The highest BCUT2D eigenvalue weighted by Crippen LogP contribution is 2.47. The van der Waals surface area contributed by atoms with Crippen molar-refractivity contribution in [3.8, 4) is 0 Å². The fourth-order valence-corrected chi connectivity index (χ4v) is 5.17. The number of rotatable bonds is 1. The molecule has 0 bridgehead atoms. The molecule has 1 aliphatic carbocycles. The summed E-state index contributed by atoms with van der Waals surface area (Å²) in [6.45, 7) is 2.87. The maximum atomic E-state index is 11.7. The van der Waals surface area contributed by atoms with E-state index in [2.05, 4.69) is 17.0 Å². The van der Waals surface area contributed by atoms with Crippen molar-refractivity contribution >= 4 is 11.8 Å². The van der Waals surface area contributed by atoms with Crippen molar-refractivity contribution in [3.63, 3.8) is 0 Å². The lowest BCUT2D eigenvalue weighted by atomic mass is 9.74. The minimum Gasteiger partial charge on any atom is -0.465 e. The molecule has 1 amide bonds. The van der Waals surface area contributed by atoms with Gasteiger partial charge in [-0.25, -0.2) is 4.79 Å². The summed E-state index contributed by atoms with van der Waals surface area (Å²) in [5.41, 5.74) is 2.21. The third-order valence-corrected chi connectivity index (χ3v) is 6.55. The number of para-hydroxylation sites is 1. The molecule has 0 aromatic heterocycles. The fraction of sp³-hybridized carbons (Fsp3) is 0.650. The average Bonchev–Trinajstić information content (AvgIpc) is 2.77. The summed E-state index contributed by atoms with van der Waals surface area (Å²) >= 11 is 0. The molecule has 2 fully saturated rings. The second-order valence-electron chi connectivity index (χ2n) is 7.85. The number of piperidine rings is 1. The first-order valence-corrected chi connectivity index (χ1v) is 9.54. The highest BCUT2D eigenvalue weighted by Gasteiger charge is 2.46. The molecule has 1 saturated heterocycles. The van der Waals surface area contributed by atoms with Crippen LogP contribution in [0.3, 0.4) is 0 Å². The molecule has 1 saturated carbocycles. The van der Waals surface area contributed by atoms with E-state index >= 15 is 0 Å². The highest BCUT2D eigenvalue weighted by molar-refractivity contribution is 5.90. The number of likely N-dealkylation sites (tertiary alicyclic amines) is 1. The number of carbonyl (C=O) groups is 1. The van der Waals surface area contributed by atoms with Crippen molar-refractivity contribution < 1.29 is 9.90 Å². The minimum atomic E-state index is -0.814. The molecule has 4 heteroatoms. The van der Waals surface area contributed by atoms with Gasteiger partial charge in [-0.05, 0) is 50.4 Å². The zero-order valence-corrected chi connectivity index (χ0v) is 14.4. The van der Waals surface area contributed by atoms with E-state index in [4.69, 9.17) is 0 Å². The maximum absolute atomic E-state index is 11.7. The van der Waals surface area contributed by atoms with Crippen LogP contribution in [-0.4, -0.2) is 41.8 Å². The second-order valence-corrected chi connectivity index (χ2v) is 7.85. The summed E-state index contributed by atoms with van der Waals surface area (Å²) in [4.78, 5) is 15.9. The van der Waals surface area contributed by atoms with E-state index < -0.39 is 6.09 Å². The number of hydrogen-bond donors (Lipinski definition) is 1. The van der Waals surface area contributed by atoms with Gasteiger partial charge in [0.15, 0.2) is 0 Å². The molecule has 0 radical (unpaired) electrons. The Balaban J connectivity index is 1.51. The molecule has 24 heavy (non-hydrogen) atoms. The number of nitrogens with zero attached hydrogens (tertiary/aromatic N) is 2. The van der Waals surface area contributed by atoms with E-state index in [0.29, 0.717) is 6.54 Å². The van der Waals surface area contributed by atoms with E-state index in [0.717, 1.165) is 37.7 Å². The van der Waals surface area contributed by atoms with Gasteiger partial charge in [0, 0.05) is 18.0 Å². The van der Waals surface area contributed by atoms with Crippen LogP contribution in [0.2, 0.25) is 0 Å². The number of benzene rings is 1. The number of anilines is 1. The molecule has 3 aliphatic rings. The Hall–Kier alpha value is -1.55. The third-order valence-electron chi connectivity index (χ3n) is 6.55. The van der Waals surface area contributed by atoms with Crippen LogP contribution in [0.4, 0.5) is 10.5 Å².